The number of rotatable bonds is 4. The van der Waals surface area contributed by atoms with Crippen molar-refractivity contribution in [1.82, 2.24) is 9.97 Å². The average Bonchev–Trinajstić information content (AvgIpc) is 2.64. The van der Waals surface area contributed by atoms with Crippen LogP contribution in [-0.2, 0) is 6.42 Å². The number of hydrogen-bond donors (Lipinski definition) is 1. The van der Waals surface area contributed by atoms with E-state index in [0.717, 1.165) is 24.5 Å². The monoisotopic (exact) mass is 233 g/mol. The van der Waals surface area contributed by atoms with E-state index in [1.807, 2.05) is 31.3 Å². The number of aromatic nitrogens is 2. The number of nitrogens with zero attached hydrogens (tertiary/aromatic N) is 2. The van der Waals surface area contributed by atoms with Gasteiger partial charge >= 0.3 is 0 Å². The van der Waals surface area contributed by atoms with Crippen molar-refractivity contribution in [3.63, 3.8) is 0 Å². The van der Waals surface area contributed by atoms with E-state index >= 15 is 0 Å². The van der Waals surface area contributed by atoms with Crippen LogP contribution in [0.4, 0.5) is 5.82 Å². The molecule has 2 rings (SSSR count). The lowest BCUT2D eigenvalue weighted by Crippen LogP contribution is -2.06. The van der Waals surface area contributed by atoms with Gasteiger partial charge in [0.1, 0.15) is 5.82 Å². The molecule has 84 valence electrons. The molecular formula is C12H15N3S. The van der Waals surface area contributed by atoms with Gasteiger partial charge in [-0.3, -0.25) is 0 Å². The van der Waals surface area contributed by atoms with Gasteiger partial charge in [0.2, 0.25) is 0 Å². The van der Waals surface area contributed by atoms with Crippen molar-refractivity contribution in [3.8, 4) is 0 Å². The normalized spacial score (nSPS) is 10.4. The van der Waals surface area contributed by atoms with Gasteiger partial charge < -0.3 is 5.32 Å². The minimum atomic E-state index is 0.878. The molecule has 0 aliphatic rings. The average molecular weight is 233 g/mol. The fraction of sp³-hybridized carbons (Fsp3) is 0.333. The van der Waals surface area contributed by atoms with Gasteiger partial charge in [-0.25, -0.2) is 9.97 Å². The number of thiazole rings is 1. The molecular weight excluding hydrogens is 218 g/mol. The molecule has 2 heterocycles. The predicted molar refractivity (Wildman–Crippen MR) is 68.0 cm³/mol. The molecule has 2 aromatic rings. The number of anilines is 1. The van der Waals surface area contributed by atoms with Gasteiger partial charge in [0, 0.05) is 29.7 Å². The maximum Gasteiger partial charge on any atom is 0.126 e. The first-order chi connectivity index (χ1) is 7.74. The Morgan fingerprint density at radius 2 is 2.19 bits per heavy atom. The molecule has 0 aromatic carbocycles. The smallest absolute Gasteiger partial charge is 0.126 e. The Hall–Kier alpha value is -1.42. The summed E-state index contributed by atoms with van der Waals surface area (Å²) in [7, 11) is 0. The first-order valence-electron chi connectivity index (χ1n) is 5.33. The van der Waals surface area contributed by atoms with Crippen LogP contribution in [0.1, 0.15) is 15.6 Å². The SMILES string of the molecule is Cc1cccc(NCCc2ncc(C)s2)n1. The molecule has 2 aromatic heterocycles. The molecule has 3 nitrogen and oxygen atoms in total. The van der Waals surface area contributed by atoms with Gasteiger partial charge in [0.25, 0.3) is 0 Å². The van der Waals surface area contributed by atoms with E-state index in [0.29, 0.717) is 0 Å². The van der Waals surface area contributed by atoms with Crippen LogP contribution in [0.25, 0.3) is 0 Å². The molecule has 0 bridgehead atoms. The van der Waals surface area contributed by atoms with Crippen molar-refractivity contribution in [2.45, 2.75) is 20.3 Å². The van der Waals surface area contributed by atoms with Crippen LogP contribution >= 0.6 is 11.3 Å². The predicted octanol–water partition coefficient (Wildman–Crippen LogP) is 2.81. The number of hydrogen-bond acceptors (Lipinski definition) is 4. The summed E-state index contributed by atoms with van der Waals surface area (Å²) >= 11 is 1.75. The third kappa shape index (κ3) is 3.03. The molecule has 0 aliphatic heterocycles. The van der Waals surface area contributed by atoms with Crippen molar-refractivity contribution >= 4 is 17.2 Å². The van der Waals surface area contributed by atoms with Crippen LogP contribution in [0.15, 0.2) is 24.4 Å². The minimum Gasteiger partial charge on any atom is -0.370 e. The zero-order chi connectivity index (χ0) is 11.4. The fourth-order valence-corrected chi connectivity index (χ4v) is 2.24. The third-order valence-electron chi connectivity index (χ3n) is 2.20. The maximum atomic E-state index is 4.38. The molecule has 0 unspecified atom stereocenters. The minimum absolute atomic E-state index is 0.878. The van der Waals surface area contributed by atoms with Crippen LogP contribution < -0.4 is 5.32 Å². The van der Waals surface area contributed by atoms with Crippen molar-refractivity contribution < 1.29 is 0 Å². The summed E-state index contributed by atoms with van der Waals surface area (Å²) in [5, 5.41) is 4.48. The van der Waals surface area contributed by atoms with E-state index in [-0.39, 0.29) is 0 Å². The Bertz CT molecular complexity index is 465. The molecule has 4 heteroatoms. The first kappa shape index (κ1) is 11.1. The standard InChI is InChI=1S/C12H15N3S/c1-9-4-3-5-11(15-9)13-7-6-12-14-8-10(2)16-12/h3-5,8H,6-7H2,1-2H3,(H,13,15). The van der Waals surface area contributed by atoms with Gasteiger partial charge in [-0.1, -0.05) is 6.07 Å². The van der Waals surface area contributed by atoms with Crippen LogP contribution in [-0.4, -0.2) is 16.5 Å². The summed E-state index contributed by atoms with van der Waals surface area (Å²) in [5.74, 6) is 0.938. The van der Waals surface area contributed by atoms with Crippen molar-refractivity contribution in [2.75, 3.05) is 11.9 Å². The summed E-state index contributed by atoms with van der Waals surface area (Å²) in [4.78, 5) is 9.97. The lowest BCUT2D eigenvalue weighted by molar-refractivity contribution is 0.983. The zero-order valence-electron chi connectivity index (χ0n) is 9.53. The van der Waals surface area contributed by atoms with E-state index in [2.05, 4.69) is 22.2 Å². The van der Waals surface area contributed by atoms with Gasteiger partial charge in [-0.05, 0) is 26.0 Å². The Labute approximate surface area is 99.6 Å². The Morgan fingerprint density at radius 3 is 2.88 bits per heavy atom. The van der Waals surface area contributed by atoms with E-state index in [1.54, 1.807) is 11.3 Å². The van der Waals surface area contributed by atoms with Crippen LogP contribution in [0.2, 0.25) is 0 Å². The highest BCUT2D eigenvalue weighted by Gasteiger charge is 1.99. The van der Waals surface area contributed by atoms with E-state index < -0.39 is 0 Å². The molecule has 0 saturated heterocycles. The summed E-state index contributed by atoms with van der Waals surface area (Å²) in [5.41, 5.74) is 1.04. The van der Waals surface area contributed by atoms with Crippen LogP contribution in [0, 0.1) is 13.8 Å². The maximum absolute atomic E-state index is 4.38. The Balaban J connectivity index is 1.84. The molecule has 0 aliphatic carbocycles. The molecule has 0 spiro atoms. The van der Waals surface area contributed by atoms with Crippen LogP contribution in [0.5, 0.6) is 0 Å². The number of aryl methyl sites for hydroxylation is 2. The topological polar surface area (TPSA) is 37.8 Å². The molecule has 0 amide bonds. The molecule has 16 heavy (non-hydrogen) atoms. The lowest BCUT2D eigenvalue weighted by Gasteiger charge is -2.04. The zero-order valence-corrected chi connectivity index (χ0v) is 10.3. The Kier molecular flexibility index (Phi) is 3.51. The second-order valence-corrected chi connectivity index (χ2v) is 5.02. The van der Waals surface area contributed by atoms with Crippen molar-refractivity contribution in [3.05, 3.63) is 40.0 Å². The first-order valence-corrected chi connectivity index (χ1v) is 6.14. The van der Waals surface area contributed by atoms with E-state index in [9.17, 15) is 0 Å². The van der Waals surface area contributed by atoms with Gasteiger partial charge in [-0.15, -0.1) is 11.3 Å². The molecule has 0 saturated carbocycles. The molecule has 0 radical (unpaired) electrons. The van der Waals surface area contributed by atoms with Gasteiger partial charge in [0.15, 0.2) is 0 Å². The highest BCUT2D eigenvalue weighted by molar-refractivity contribution is 7.11. The van der Waals surface area contributed by atoms with Gasteiger partial charge in [-0.2, -0.15) is 0 Å². The number of pyridine rings is 1. The molecule has 1 N–H and O–H groups in total. The summed E-state index contributed by atoms with van der Waals surface area (Å²) < 4.78 is 0. The van der Waals surface area contributed by atoms with Crippen LogP contribution in [0.3, 0.4) is 0 Å². The van der Waals surface area contributed by atoms with Crippen molar-refractivity contribution in [2.24, 2.45) is 0 Å². The molecule has 0 atom stereocenters. The highest BCUT2D eigenvalue weighted by atomic mass is 32.1. The number of nitrogens with one attached hydrogen (secondary N) is 1. The second kappa shape index (κ2) is 5.07. The van der Waals surface area contributed by atoms with Gasteiger partial charge in [0.05, 0.1) is 5.01 Å². The summed E-state index contributed by atoms with van der Waals surface area (Å²) in [6.07, 6.45) is 2.87. The fourth-order valence-electron chi connectivity index (χ4n) is 1.46. The van der Waals surface area contributed by atoms with E-state index in [1.165, 1.54) is 9.88 Å². The van der Waals surface area contributed by atoms with E-state index in [4.69, 9.17) is 0 Å². The molecule has 0 fully saturated rings. The third-order valence-corrected chi connectivity index (χ3v) is 3.17. The summed E-state index contributed by atoms with van der Waals surface area (Å²) in [6, 6.07) is 5.99. The quantitative estimate of drug-likeness (QED) is 0.882. The highest BCUT2D eigenvalue weighted by Crippen LogP contribution is 2.12. The summed E-state index contributed by atoms with van der Waals surface area (Å²) in [6.45, 7) is 4.95. The van der Waals surface area contributed by atoms with Crippen molar-refractivity contribution in [1.29, 1.82) is 0 Å². The second-order valence-electron chi connectivity index (χ2n) is 3.71. The largest absolute Gasteiger partial charge is 0.370 e. The lowest BCUT2D eigenvalue weighted by atomic mass is 10.3. The Morgan fingerprint density at radius 1 is 1.31 bits per heavy atom.